The first-order valence-corrected chi connectivity index (χ1v) is 9.40. The summed E-state index contributed by atoms with van der Waals surface area (Å²) in [5.74, 6) is 0.711. The van der Waals surface area contributed by atoms with Crippen LogP contribution in [0.5, 0.6) is 0 Å². The number of nitrogens with one attached hydrogen (secondary N) is 2. The van der Waals surface area contributed by atoms with Crippen LogP contribution in [0.15, 0.2) is 0 Å². The molecule has 5 nitrogen and oxygen atoms in total. The molecule has 3 unspecified atom stereocenters. The van der Waals surface area contributed by atoms with Gasteiger partial charge in [-0.05, 0) is 45.1 Å². The van der Waals surface area contributed by atoms with Crippen molar-refractivity contribution in [3.8, 4) is 0 Å². The van der Waals surface area contributed by atoms with E-state index in [1.54, 1.807) is 0 Å². The lowest BCUT2D eigenvalue weighted by atomic mass is 9.84. The lowest BCUT2D eigenvalue weighted by Gasteiger charge is -2.31. The third-order valence-electron chi connectivity index (χ3n) is 5.41. The van der Waals surface area contributed by atoms with Gasteiger partial charge in [0.25, 0.3) is 0 Å². The van der Waals surface area contributed by atoms with Crippen molar-refractivity contribution in [2.45, 2.75) is 83.2 Å². The molecule has 24 heavy (non-hydrogen) atoms. The predicted octanol–water partition coefficient (Wildman–Crippen LogP) is 2.52. The zero-order valence-corrected chi connectivity index (χ0v) is 15.7. The molecular weight excluding hydrogens is 326 g/mol. The van der Waals surface area contributed by atoms with Gasteiger partial charge in [0, 0.05) is 24.4 Å². The van der Waals surface area contributed by atoms with Gasteiger partial charge in [0.05, 0.1) is 0 Å². The summed E-state index contributed by atoms with van der Waals surface area (Å²) in [4.78, 5) is 24.5. The maximum absolute atomic E-state index is 12.2. The Hall–Kier alpha value is -0.810. The third kappa shape index (κ3) is 6.60. The van der Waals surface area contributed by atoms with Crippen molar-refractivity contribution in [1.29, 1.82) is 0 Å². The molecule has 2 fully saturated rings. The largest absolute Gasteiger partial charge is 0.353 e. The zero-order chi connectivity index (χ0) is 16.7. The van der Waals surface area contributed by atoms with Crippen molar-refractivity contribution in [3.05, 3.63) is 0 Å². The van der Waals surface area contributed by atoms with E-state index in [1.807, 2.05) is 6.92 Å². The van der Waals surface area contributed by atoms with E-state index in [0.29, 0.717) is 18.9 Å². The summed E-state index contributed by atoms with van der Waals surface area (Å²) >= 11 is 0. The lowest BCUT2D eigenvalue weighted by molar-refractivity contribution is -0.127. The number of rotatable bonds is 6. The highest BCUT2D eigenvalue weighted by molar-refractivity contribution is 5.85. The van der Waals surface area contributed by atoms with Gasteiger partial charge in [0.2, 0.25) is 11.8 Å². The molecule has 0 radical (unpaired) electrons. The van der Waals surface area contributed by atoms with Crippen LogP contribution in [-0.2, 0) is 9.59 Å². The molecule has 2 aliphatic rings. The SMILES string of the molecule is CC(CC(=O)NC1CCCCC1CN)NC(=O)C1CCCCC1.Cl. The Kier molecular flexibility index (Phi) is 9.67. The summed E-state index contributed by atoms with van der Waals surface area (Å²) in [6.45, 7) is 2.56. The normalized spacial score (nSPS) is 26.1. The van der Waals surface area contributed by atoms with Gasteiger partial charge in [0.15, 0.2) is 0 Å². The molecule has 0 aromatic rings. The van der Waals surface area contributed by atoms with Gasteiger partial charge in [-0.1, -0.05) is 32.1 Å². The summed E-state index contributed by atoms with van der Waals surface area (Å²) in [5.41, 5.74) is 5.81. The van der Waals surface area contributed by atoms with E-state index in [4.69, 9.17) is 5.73 Å². The lowest BCUT2D eigenvalue weighted by Crippen LogP contribution is -2.47. The molecule has 2 rings (SSSR count). The number of halogens is 1. The number of carbonyl (C=O) groups excluding carboxylic acids is 2. The monoisotopic (exact) mass is 359 g/mol. The minimum absolute atomic E-state index is 0. The van der Waals surface area contributed by atoms with E-state index < -0.39 is 0 Å². The Morgan fingerprint density at radius 1 is 1.04 bits per heavy atom. The second-order valence-electron chi connectivity index (χ2n) is 7.40. The first-order valence-electron chi connectivity index (χ1n) is 9.40. The summed E-state index contributed by atoms with van der Waals surface area (Å²) in [7, 11) is 0. The first kappa shape index (κ1) is 21.2. The van der Waals surface area contributed by atoms with Crippen molar-refractivity contribution in [2.24, 2.45) is 17.6 Å². The summed E-state index contributed by atoms with van der Waals surface area (Å²) in [6, 6.07) is 0.104. The van der Waals surface area contributed by atoms with Gasteiger partial charge in [-0.3, -0.25) is 9.59 Å². The fraction of sp³-hybridized carbons (Fsp3) is 0.889. The van der Waals surface area contributed by atoms with Crippen molar-refractivity contribution in [1.82, 2.24) is 10.6 Å². The van der Waals surface area contributed by atoms with Crippen LogP contribution in [0, 0.1) is 11.8 Å². The molecule has 0 aromatic heterocycles. The summed E-state index contributed by atoms with van der Waals surface area (Å²) < 4.78 is 0. The van der Waals surface area contributed by atoms with Crippen LogP contribution in [0.25, 0.3) is 0 Å². The Balaban J connectivity index is 0.00000288. The van der Waals surface area contributed by atoms with E-state index in [2.05, 4.69) is 10.6 Å². The maximum Gasteiger partial charge on any atom is 0.223 e. The number of amides is 2. The fourth-order valence-electron chi connectivity index (χ4n) is 4.00. The predicted molar refractivity (Wildman–Crippen MR) is 99.0 cm³/mol. The van der Waals surface area contributed by atoms with E-state index in [1.165, 1.54) is 12.8 Å². The molecule has 3 atom stereocenters. The van der Waals surface area contributed by atoms with Crippen LogP contribution in [0.4, 0.5) is 0 Å². The van der Waals surface area contributed by atoms with E-state index >= 15 is 0 Å². The van der Waals surface area contributed by atoms with Crippen LogP contribution < -0.4 is 16.4 Å². The zero-order valence-electron chi connectivity index (χ0n) is 14.9. The first-order chi connectivity index (χ1) is 11.1. The second-order valence-corrected chi connectivity index (χ2v) is 7.40. The van der Waals surface area contributed by atoms with Gasteiger partial charge < -0.3 is 16.4 Å². The van der Waals surface area contributed by atoms with Crippen LogP contribution in [0.3, 0.4) is 0 Å². The van der Waals surface area contributed by atoms with Gasteiger partial charge in [-0.15, -0.1) is 12.4 Å². The van der Waals surface area contributed by atoms with Gasteiger partial charge in [-0.2, -0.15) is 0 Å². The van der Waals surface area contributed by atoms with Gasteiger partial charge in [-0.25, -0.2) is 0 Å². The van der Waals surface area contributed by atoms with E-state index in [-0.39, 0.29) is 42.2 Å². The second kappa shape index (κ2) is 10.9. The molecule has 0 saturated heterocycles. The van der Waals surface area contributed by atoms with Crippen molar-refractivity contribution in [3.63, 3.8) is 0 Å². The smallest absolute Gasteiger partial charge is 0.223 e. The molecule has 140 valence electrons. The topological polar surface area (TPSA) is 84.2 Å². The van der Waals surface area contributed by atoms with Crippen molar-refractivity contribution >= 4 is 24.2 Å². The third-order valence-corrected chi connectivity index (χ3v) is 5.41. The van der Waals surface area contributed by atoms with Gasteiger partial charge >= 0.3 is 0 Å². The minimum atomic E-state index is -0.107. The highest BCUT2D eigenvalue weighted by Gasteiger charge is 2.26. The van der Waals surface area contributed by atoms with E-state index in [0.717, 1.165) is 44.9 Å². The van der Waals surface area contributed by atoms with E-state index in [9.17, 15) is 9.59 Å². The van der Waals surface area contributed by atoms with Crippen LogP contribution in [-0.4, -0.2) is 30.4 Å². The number of hydrogen-bond acceptors (Lipinski definition) is 3. The average Bonchev–Trinajstić information content (AvgIpc) is 2.55. The highest BCUT2D eigenvalue weighted by Crippen LogP contribution is 2.24. The quantitative estimate of drug-likeness (QED) is 0.681. The number of carbonyl (C=O) groups is 2. The molecule has 2 amide bonds. The standard InChI is InChI=1S/C18H33N3O2.ClH/c1-13(20-18(23)14-7-3-2-4-8-14)11-17(22)21-16-10-6-5-9-15(16)12-19;/h13-16H,2-12,19H2,1H3,(H,20,23)(H,21,22);1H. The average molecular weight is 360 g/mol. The fourth-order valence-corrected chi connectivity index (χ4v) is 4.00. The number of nitrogens with two attached hydrogens (primary N) is 1. The van der Waals surface area contributed by atoms with Crippen LogP contribution in [0.2, 0.25) is 0 Å². The van der Waals surface area contributed by atoms with Gasteiger partial charge in [0.1, 0.15) is 0 Å². The highest BCUT2D eigenvalue weighted by atomic mass is 35.5. The Bertz CT molecular complexity index is 400. The maximum atomic E-state index is 12.2. The molecule has 0 spiro atoms. The summed E-state index contributed by atoms with van der Waals surface area (Å²) in [5, 5.41) is 6.15. The molecular formula is C18H34ClN3O2. The Labute approximate surface area is 152 Å². The molecule has 2 aliphatic carbocycles. The summed E-state index contributed by atoms with van der Waals surface area (Å²) in [6.07, 6.45) is 10.4. The van der Waals surface area contributed by atoms with Crippen molar-refractivity contribution < 1.29 is 9.59 Å². The molecule has 6 heteroatoms. The molecule has 0 aromatic carbocycles. The molecule has 0 heterocycles. The number of hydrogen-bond donors (Lipinski definition) is 3. The Morgan fingerprint density at radius 2 is 1.67 bits per heavy atom. The molecule has 4 N–H and O–H groups in total. The molecule has 2 saturated carbocycles. The molecule has 0 bridgehead atoms. The Morgan fingerprint density at radius 3 is 2.33 bits per heavy atom. The minimum Gasteiger partial charge on any atom is -0.353 e. The van der Waals surface area contributed by atoms with Crippen LogP contribution >= 0.6 is 12.4 Å². The van der Waals surface area contributed by atoms with Crippen molar-refractivity contribution in [2.75, 3.05) is 6.54 Å². The van der Waals surface area contributed by atoms with Crippen LogP contribution in [0.1, 0.15) is 71.1 Å². The molecule has 0 aliphatic heterocycles.